The highest BCUT2D eigenvalue weighted by molar-refractivity contribution is 9.10. The lowest BCUT2D eigenvalue weighted by atomic mass is 9.79. The quantitative estimate of drug-likeness (QED) is 0.105. The van der Waals surface area contributed by atoms with Gasteiger partial charge >= 0.3 is 0 Å². The van der Waals surface area contributed by atoms with Crippen LogP contribution < -0.4 is 0 Å². The molecule has 0 spiro atoms. The van der Waals surface area contributed by atoms with Gasteiger partial charge in [0, 0.05) is 73.1 Å². The van der Waals surface area contributed by atoms with Crippen molar-refractivity contribution in [3.05, 3.63) is 52.3 Å². The number of hydrogen-bond donors (Lipinski definition) is 0. The van der Waals surface area contributed by atoms with Crippen molar-refractivity contribution in [3.63, 3.8) is 0 Å². The number of hydrogen-bond acceptors (Lipinski definition) is 5. The first-order chi connectivity index (χ1) is 30.3. The van der Waals surface area contributed by atoms with E-state index in [4.69, 9.17) is 15.0 Å². The second-order valence-corrected chi connectivity index (χ2v) is 20.6. The number of carbonyl (C=O) groups excluding carboxylic acids is 2. The minimum absolute atomic E-state index is 0.296. The zero-order valence-corrected chi connectivity index (χ0v) is 40.1. The zero-order chi connectivity index (χ0) is 43.0. The molecule has 4 aromatic rings. The van der Waals surface area contributed by atoms with Crippen molar-refractivity contribution in [2.24, 2.45) is 11.8 Å². The zero-order valence-electron chi connectivity index (χ0n) is 38.5. The second-order valence-electron chi connectivity index (χ2n) is 19.7. The molecule has 4 aliphatic carbocycles. The van der Waals surface area contributed by atoms with Crippen LogP contribution in [0.2, 0.25) is 0 Å². The van der Waals surface area contributed by atoms with E-state index in [0.29, 0.717) is 61.7 Å². The summed E-state index contributed by atoms with van der Waals surface area (Å²) < 4.78 is 5.82. The van der Waals surface area contributed by atoms with E-state index in [-0.39, 0.29) is 0 Å². The summed E-state index contributed by atoms with van der Waals surface area (Å²) in [4.78, 5) is 47.4. The molecule has 0 atom stereocenters. The highest BCUT2D eigenvalue weighted by Crippen LogP contribution is 2.40. The van der Waals surface area contributed by atoms with Crippen LogP contribution in [0.5, 0.6) is 0 Å². The van der Waals surface area contributed by atoms with Crippen LogP contribution in [0.1, 0.15) is 198 Å². The summed E-state index contributed by atoms with van der Waals surface area (Å²) in [6.45, 7) is 9.61. The third-order valence-corrected chi connectivity index (χ3v) is 16.5. The third-order valence-electron chi connectivity index (χ3n) is 16.0. The molecule has 3 aromatic heterocycles. The Hall–Kier alpha value is -3.27. The largest absolute Gasteiger partial charge is 0.340 e. The summed E-state index contributed by atoms with van der Waals surface area (Å²) in [5.74, 6) is 5.39. The molecule has 3 heterocycles. The van der Waals surface area contributed by atoms with Gasteiger partial charge in [-0.15, -0.1) is 0 Å². The number of carbonyl (C=O) groups is 2. The monoisotopic (exact) mass is 910 g/mol. The van der Waals surface area contributed by atoms with Gasteiger partial charge < -0.3 is 18.9 Å². The van der Waals surface area contributed by atoms with Crippen LogP contribution in [-0.4, -0.2) is 70.9 Å². The molecule has 4 fully saturated rings. The number of fused-ring (bicyclic) bond motifs is 2. The first-order valence-electron chi connectivity index (χ1n) is 25.4. The Morgan fingerprint density at radius 3 is 1.69 bits per heavy atom. The Labute approximate surface area is 380 Å². The van der Waals surface area contributed by atoms with Gasteiger partial charge in [-0.1, -0.05) is 74.2 Å². The van der Waals surface area contributed by atoms with Gasteiger partial charge in [-0.05, 0) is 140 Å². The predicted molar refractivity (Wildman–Crippen MR) is 255 cm³/mol. The average Bonchev–Trinajstić information content (AvgIpc) is 3.86. The van der Waals surface area contributed by atoms with Gasteiger partial charge in [0.2, 0.25) is 11.8 Å². The van der Waals surface area contributed by atoms with Gasteiger partial charge in [-0.25, -0.2) is 9.97 Å². The average molecular weight is 911 g/mol. The van der Waals surface area contributed by atoms with Crippen LogP contribution in [0.4, 0.5) is 0 Å². The first kappa shape index (κ1) is 45.3. The fraction of sp³-hybridized carbons (Fsp3) is 0.712. The summed E-state index contributed by atoms with van der Waals surface area (Å²) in [5, 5.41) is 0. The maximum Gasteiger partial charge on any atom is 0.224 e. The number of aromatic nitrogens is 5. The maximum absolute atomic E-state index is 13.7. The highest BCUT2D eigenvalue weighted by atomic mass is 79.9. The predicted octanol–water partition coefficient (Wildman–Crippen LogP) is 12.7. The molecule has 2 amide bonds. The molecule has 8 rings (SSSR count). The van der Waals surface area contributed by atoms with Gasteiger partial charge in [-0.2, -0.15) is 0 Å². The number of aryl methyl sites for hydroxylation is 3. The minimum Gasteiger partial charge on any atom is -0.340 e. The van der Waals surface area contributed by atoms with Gasteiger partial charge in [0.1, 0.15) is 11.6 Å². The lowest BCUT2D eigenvalue weighted by Gasteiger charge is -2.34. The molecule has 10 heteroatoms. The Kier molecular flexibility index (Phi) is 15.8. The third kappa shape index (κ3) is 10.6. The van der Waals surface area contributed by atoms with E-state index in [2.05, 4.69) is 86.1 Å². The topological polar surface area (TPSA) is 89.2 Å². The van der Waals surface area contributed by atoms with Crippen LogP contribution in [0.3, 0.4) is 0 Å². The normalized spacial score (nSPS) is 23.0. The Morgan fingerprint density at radius 2 is 1.16 bits per heavy atom. The van der Waals surface area contributed by atoms with Gasteiger partial charge in [-0.3, -0.25) is 14.6 Å². The Morgan fingerprint density at radius 1 is 0.645 bits per heavy atom. The number of halogens is 1. The van der Waals surface area contributed by atoms with Crippen molar-refractivity contribution in [1.29, 1.82) is 0 Å². The molecule has 0 radical (unpaired) electrons. The molecule has 1 aromatic carbocycles. The fourth-order valence-electron chi connectivity index (χ4n) is 12.3. The van der Waals surface area contributed by atoms with E-state index in [1.165, 1.54) is 102 Å². The molecule has 0 aliphatic heterocycles. The van der Waals surface area contributed by atoms with E-state index in [1.54, 1.807) is 0 Å². The SMILES string of the molecule is CCN(C(=O)CCn1c2cnc(CCC[C@H]3CC[C@H](c4nc5cc(Br)ccc5n4CCC(=O)N(CC)C4CCCCC4)CC3)cc2nc1[C@H]1CC[C@H](CC)CC1)C1CCCCC1. The smallest absolute Gasteiger partial charge is 0.224 e. The van der Waals surface area contributed by atoms with Crippen LogP contribution >= 0.6 is 15.9 Å². The van der Waals surface area contributed by atoms with E-state index in [9.17, 15) is 9.59 Å². The first-order valence-corrected chi connectivity index (χ1v) is 26.2. The van der Waals surface area contributed by atoms with Crippen LogP contribution in [0.15, 0.2) is 34.9 Å². The van der Waals surface area contributed by atoms with Crippen molar-refractivity contribution < 1.29 is 9.59 Å². The summed E-state index contributed by atoms with van der Waals surface area (Å²) in [6, 6.07) is 9.50. The molecule has 0 unspecified atom stereocenters. The molecule has 0 N–H and O–H groups in total. The molecule has 338 valence electrons. The van der Waals surface area contributed by atoms with Crippen molar-refractivity contribution >= 4 is 49.8 Å². The number of amides is 2. The van der Waals surface area contributed by atoms with Crippen LogP contribution in [-0.2, 0) is 29.1 Å². The maximum atomic E-state index is 13.7. The summed E-state index contributed by atoms with van der Waals surface area (Å²) in [7, 11) is 0. The molecule has 4 saturated carbocycles. The van der Waals surface area contributed by atoms with Gasteiger partial charge in [0.25, 0.3) is 0 Å². The molecule has 4 aliphatic rings. The standard InChI is InChI=1S/C52H76BrN7O2/c1-4-37-20-24-39(25-21-37)52-56-46-35-42(54-36-48(46)60(52)33-31-50(62)58(6-3)44-18-11-8-12-19-44)15-13-14-38-22-26-40(27-23-38)51-55-45-34-41(53)28-29-47(45)59(51)32-30-49(61)57(5-2)43-16-9-7-10-17-43/h28-29,34-40,43-44H,4-27,30-33H2,1-3H3/t37-,38-,39-,40-. The van der Waals surface area contributed by atoms with Crippen LogP contribution in [0, 0.1) is 11.8 Å². The molecular formula is C52H76BrN7O2. The minimum atomic E-state index is 0.296. The molecule has 0 bridgehead atoms. The summed E-state index contributed by atoms with van der Waals surface area (Å²) in [5.41, 5.74) is 5.48. The van der Waals surface area contributed by atoms with Crippen molar-refractivity contribution in [1.82, 2.24) is 33.9 Å². The molecule has 0 saturated heterocycles. The lowest BCUT2D eigenvalue weighted by Crippen LogP contribution is -2.41. The Bertz CT molecular complexity index is 2080. The van der Waals surface area contributed by atoms with E-state index >= 15 is 0 Å². The van der Waals surface area contributed by atoms with Crippen LogP contribution in [0.25, 0.3) is 22.1 Å². The molecular weight excluding hydrogens is 835 g/mol. The van der Waals surface area contributed by atoms with E-state index in [1.807, 2.05) is 0 Å². The number of imidazole rings is 2. The van der Waals surface area contributed by atoms with E-state index in [0.717, 1.165) is 109 Å². The lowest BCUT2D eigenvalue weighted by molar-refractivity contribution is -0.135. The summed E-state index contributed by atoms with van der Waals surface area (Å²) in [6.07, 6.45) is 29.6. The van der Waals surface area contributed by atoms with Gasteiger partial charge in [0.05, 0.1) is 28.3 Å². The highest BCUT2D eigenvalue weighted by Gasteiger charge is 2.31. The van der Waals surface area contributed by atoms with Gasteiger partial charge in [0.15, 0.2) is 0 Å². The fourth-order valence-corrected chi connectivity index (χ4v) is 12.7. The number of rotatable bonds is 17. The molecule has 62 heavy (non-hydrogen) atoms. The second kappa shape index (κ2) is 21.6. The van der Waals surface area contributed by atoms with Crippen molar-refractivity contribution in [2.45, 2.75) is 212 Å². The number of benzene rings is 1. The number of pyridine rings is 1. The number of nitrogens with zero attached hydrogens (tertiary/aromatic N) is 7. The molecule has 9 nitrogen and oxygen atoms in total. The van der Waals surface area contributed by atoms with Crippen molar-refractivity contribution in [3.8, 4) is 0 Å². The Balaban J connectivity index is 0.886. The van der Waals surface area contributed by atoms with E-state index < -0.39 is 0 Å². The summed E-state index contributed by atoms with van der Waals surface area (Å²) >= 11 is 3.68. The van der Waals surface area contributed by atoms with Crippen molar-refractivity contribution in [2.75, 3.05) is 13.1 Å².